The lowest BCUT2D eigenvalue weighted by atomic mass is 9.88. The summed E-state index contributed by atoms with van der Waals surface area (Å²) < 4.78 is 0. The number of benzene rings is 1. The van der Waals surface area contributed by atoms with Crippen molar-refractivity contribution in [3.05, 3.63) is 29.8 Å². The van der Waals surface area contributed by atoms with Gasteiger partial charge in [0, 0.05) is 44.5 Å². The molecule has 0 unspecified atom stereocenters. The van der Waals surface area contributed by atoms with E-state index >= 15 is 0 Å². The first-order chi connectivity index (χ1) is 10.7. The molecule has 3 rings (SSSR count). The van der Waals surface area contributed by atoms with Crippen LogP contribution in [0.2, 0.25) is 0 Å². The molecule has 2 N–H and O–H groups in total. The minimum absolute atomic E-state index is 0.648. The van der Waals surface area contributed by atoms with Crippen molar-refractivity contribution in [2.24, 2.45) is 5.92 Å². The Morgan fingerprint density at radius 3 is 2.45 bits per heavy atom. The maximum absolute atomic E-state index is 5.77. The summed E-state index contributed by atoms with van der Waals surface area (Å²) in [6.07, 6.45) is 7.29. The van der Waals surface area contributed by atoms with Crippen molar-refractivity contribution < 1.29 is 0 Å². The summed E-state index contributed by atoms with van der Waals surface area (Å²) in [5.41, 5.74) is 8.01. The molecule has 1 aromatic carbocycles. The van der Waals surface area contributed by atoms with Gasteiger partial charge in [0.05, 0.1) is 0 Å². The summed E-state index contributed by atoms with van der Waals surface area (Å²) in [5, 5.41) is 0. The van der Waals surface area contributed by atoms with E-state index in [9.17, 15) is 0 Å². The van der Waals surface area contributed by atoms with Gasteiger partial charge in [0.1, 0.15) is 0 Å². The van der Waals surface area contributed by atoms with Crippen molar-refractivity contribution >= 4 is 5.69 Å². The van der Waals surface area contributed by atoms with Crippen LogP contribution in [-0.2, 0) is 6.54 Å². The number of nitrogen functional groups attached to an aromatic ring is 1. The second-order valence-electron chi connectivity index (χ2n) is 7.32. The third-order valence-corrected chi connectivity index (χ3v) is 5.46. The van der Waals surface area contributed by atoms with E-state index in [1.807, 2.05) is 12.1 Å². The molecule has 0 radical (unpaired) electrons. The fourth-order valence-corrected chi connectivity index (χ4v) is 4.06. The predicted molar refractivity (Wildman–Crippen MR) is 93.7 cm³/mol. The fraction of sp³-hybridized carbons (Fsp3) is 0.684. The van der Waals surface area contributed by atoms with Crippen molar-refractivity contribution in [2.75, 3.05) is 31.9 Å². The van der Waals surface area contributed by atoms with Crippen LogP contribution in [0.25, 0.3) is 0 Å². The first kappa shape index (κ1) is 15.8. The molecule has 1 aromatic rings. The number of piperazine rings is 1. The molecule has 1 heterocycles. The Balaban J connectivity index is 1.48. The largest absolute Gasteiger partial charge is 0.399 e. The number of nitrogens with two attached hydrogens (primary N) is 1. The summed E-state index contributed by atoms with van der Waals surface area (Å²) in [4.78, 5) is 5.32. The second-order valence-corrected chi connectivity index (χ2v) is 7.32. The Bertz CT molecular complexity index is 450. The highest BCUT2D eigenvalue weighted by Crippen LogP contribution is 2.25. The molecular formula is C19H31N3. The maximum Gasteiger partial charge on any atom is 0.0314 e. The van der Waals surface area contributed by atoms with Gasteiger partial charge >= 0.3 is 0 Å². The van der Waals surface area contributed by atoms with Gasteiger partial charge in [-0.15, -0.1) is 0 Å². The Hall–Kier alpha value is -1.06. The molecule has 1 aliphatic carbocycles. The summed E-state index contributed by atoms with van der Waals surface area (Å²) in [7, 11) is 0. The van der Waals surface area contributed by atoms with Crippen molar-refractivity contribution in [2.45, 2.75) is 51.6 Å². The van der Waals surface area contributed by atoms with Gasteiger partial charge in [-0.05, 0) is 43.4 Å². The molecule has 3 heteroatoms. The smallest absolute Gasteiger partial charge is 0.0314 e. The minimum Gasteiger partial charge on any atom is -0.399 e. The van der Waals surface area contributed by atoms with E-state index in [4.69, 9.17) is 5.73 Å². The van der Waals surface area contributed by atoms with Crippen molar-refractivity contribution in [1.82, 2.24) is 9.80 Å². The minimum atomic E-state index is 0.648. The lowest BCUT2D eigenvalue weighted by molar-refractivity contribution is 0.0633. The normalized spacial score (nSPS) is 25.4. The highest BCUT2D eigenvalue weighted by atomic mass is 15.3. The Kier molecular flexibility index (Phi) is 5.37. The number of anilines is 1. The SMILES string of the molecule is C[C@@H]1CN(CC2CCCCC2)CCN1Cc1ccc(N)cc1. The lowest BCUT2D eigenvalue weighted by Gasteiger charge is -2.41. The summed E-state index contributed by atoms with van der Waals surface area (Å²) in [6, 6.07) is 9.00. The van der Waals surface area contributed by atoms with Crippen molar-refractivity contribution in [3.8, 4) is 0 Å². The predicted octanol–water partition coefficient (Wildman–Crippen LogP) is 3.36. The molecule has 1 aliphatic heterocycles. The van der Waals surface area contributed by atoms with Crippen LogP contribution in [0.5, 0.6) is 0 Å². The van der Waals surface area contributed by atoms with Crippen LogP contribution >= 0.6 is 0 Å². The second kappa shape index (κ2) is 7.47. The number of hydrogen-bond donors (Lipinski definition) is 1. The summed E-state index contributed by atoms with van der Waals surface area (Å²) in [5.74, 6) is 0.963. The van der Waals surface area contributed by atoms with Crippen LogP contribution < -0.4 is 5.73 Å². The lowest BCUT2D eigenvalue weighted by Crippen LogP contribution is -2.52. The Labute approximate surface area is 135 Å². The molecule has 2 aliphatic rings. The van der Waals surface area contributed by atoms with E-state index in [1.54, 1.807) is 0 Å². The van der Waals surface area contributed by atoms with Gasteiger partial charge in [-0.2, -0.15) is 0 Å². The molecule has 1 saturated heterocycles. The van der Waals surface area contributed by atoms with Gasteiger partial charge in [-0.1, -0.05) is 31.4 Å². The molecule has 0 amide bonds. The van der Waals surface area contributed by atoms with Gasteiger partial charge in [0.25, 0.3) is 0 Å². The number of rotatable bonds is 4. The molecule has 1 saturated carbocycles. The van der Waals surface area contributed by atoms with E-state index < -0.39 is 0 Å². The standard InChI is InChI=1S/C19H31N3/c1-16-13-21(14-17-5-3-2-4-6-17)11-12-22(16)15-18-7-9-19(20)10-8-18/h7-10,16-17H,2-6,11-15,20H2,1H3/t16-/m1/s1. The molecule has 2 fully saturated rings. The quantitative estimate of drug-likeness (QED) is 0.866. The molecule has 122 valence electrons. The van der Waals surface area contributed by atoms with E-state index in [0.29, 0.717) is 6.04 Å². The molecule has 0 bridgehead atoms. The van der Waals surface area contributed by atoms with Gasteiger partial charge in [0.2, 0.25) is 0 Å². The topological polar surface area (TPSA) is 32.5 Å². The van der Waals surface area contributed by atoms with Crippen LogP contribution in [0.3, 0.4) is 0 Å². The highest BCUT2D eigenvalue weighted by molar-refractivity contribution is 5.39. The van der Waals surface area contributed by atoms with Crippen molar-refractivity contribution in [3.63, 3.8) is 0 Å². The third-order valence-electron chi connectivity index (χ3n) is 5.46. The molecule has 22 heavy (non-hydrogen) atoms. The van der Waals surface area contributed by atoms with Crippen LogP contribution in [0.1, 0.15) is 44.6 Å². The average Bonchev–Trinajstić information content (AvgIpc) is 2.53. The van der Waals surface area contributed by atoms with E-state index in [2.05, 4.69) is 28.9 Å². The van der Waals surface area contributed by atoms with Crippen LogP contribution in [0, 0.1) is 5.92 Å². The van der Waals surface area contributed by atoms with E-state index in [0.717, 1.165) is 18.2 Å². The van der Waals surface area contributed by atoms with E-state index in [-0.39, 0.29) is 0 Å². The van der Waals surface area contributed by atoms with Gasteiger partial charge in [-0.25, -0.2) is 0 Å². The maximum atomic E-state index is 5.77. The van der Waals surface area contributed by atoms with Crippen molar-refractivity contribution in [1.29, 1.82) is 0 Å². The first-order valence-corrected chi connectivity index (χ1v) is 9.01. The first-order valence-electron chi connectivity index (χ1n) is 9.01. The molecular weight excluding hydrogens is 270 g/mol. The Morgan fingerprint density at radius 1 is 1.05 bits per heavy atom. The fourth-order valence-electron chi connectivity index (χ4n) is 4.06. The van der Waals surface area contributed by atoms with Gasteiger partial charge in [-0.3, -0.25) is 4.90 Å². The molecule has 0 spiro atoms. The monoisotopic (exact) mass is 301 g/mol. The number of nitrogens with zero attached hydrogens (tertiary/aromatic N) is 2. The molecule has 0 aromatic heterocycles. The third kappa shape index (κ3) is 4.23. The number of hydrogen-bond acceptors (Lipinski definition) is 3. The zero-order chi connectivity index (χ0) is 15.4. The Morgan fingerprint density at radius 2 is 1.77 bits per heavy atom. The van der Waals surface area contributed by atoms with E-state index in [1.165, 1.54) is 63.8 Å². The van der Waals surface area contributed by atoms with Crippen LogP contribution in [-0.4, -0.2) is 42.0 Å². The average molecular weight is 301 g/mol. The molecule has 1 atom stereocenters. The zero-order valence-corrected chi connectivity index (χ0v) is 14.0. The van der Waals surface area contributed by atoms with Gasteiger partial charge in [0.15, 0.2) is 0 Å². The summed E-state index contributed by atoms with van der Waals surface area (Å²) >= 11 is 0. The molecule has 3 nitrogen and oxygen atoms in total. The highest BCUT2D eigenvalue weighted by Gasteiger charge is 2.25. The van der Waals surface area contributed by atoms with Gasteiger partial charge < -0.3 is 10.6 Å². The summed E-state index contributed by atoms with van der Waals surface area (Å²) in [6.45, 7) is 8.42. The van der Waals surface area contributed by atoms with Crippen LogP contribution in [0.4, 0.5) is 5.69 Å². The van der Waals surface area contributed by atoms with Crippen LogP contribution in [0.15, 0.2) is 24.3 Å². The zero-order valence-electron chi connectivity index (χ0n) is 14.0.